The maximum atomic E-state index is 12.4. The number of nitrogens with zero attached hydrogens (tertiary/aromatic N) is 2. The zero-order chi connectivity index (χ0) is 14.7. The summed E-state index contributed by atoms with van der Waals surface area (Å²) in [5.41, 5.74) is 1.22. The smallest absolute Gasteiger partial charge is 0.272 e. The monoisotopic (exact) mass is 290 g/mol. The molecule has 0 saturated carbocycles. The van der Waals surface area contributed by atoms with E-state index in [0.717, 1.165) is 10.9 Å². The van der Waals surface area contributed by atoms with Crippen molar-refractivity contribution in [2.24, 2.45) is 0 Å². The lowest BCUT2D eigenvalue weighted by atomic mass is 10.2. The fourth-order valence-corrected chi connectivity index (χ4v) is 2.92. The normalized spacial score (nSPS) is 13.9. The van der Waals surface area contributed by atoms with E-state index in [1.165, 1.54) is 0 Å². The van der Waals surface area contributed by atoms with Crippen molar-refractivity contribution in [3.8, 4) is 0 Å². The zero-order valence-electron chi connectivity index (χ0n) is 11.9. The molecule has 106 valence electrons. The quantitative estimate of drug-likeness (QED) is 0.866. The fourth-order valence-electron chi connectivity index (χ4n) is 2.02. The Balaban J connectivity index is 2.24. The number of rotatable bonds is 4. The lowest BCUT2D eigenvalue weighted by Gasteiger charge is -2.23. The Morgan fingerprint density at radius 3 is 2.70 bits per heavy atom. The summed E-state index contributed by atoms with van der Waals surface area (Å²) >= 11 is 0. The first-order valence-electron chi connectivity index (χ1n) is 6.42. The van der Waals surface area contributed by atoms with Crippen LogP contribution in [0.2, 0.25) is 0 Å². The molecule has 1 heterocycles. The Kier molecular flexibility index (Phi) is 4.49. The van der Waals surface area contributed by atoms with Crippen molar-refractivity contribution in [2.75, 3.05) is 19.1 Å². The summed E-state index contributed by atoms with van der Waals surface area (Å²) in [6, 6.07) is 11.2. The molecule has 2 unspecified atom stereocenters. The van der Waals surface area contributed by atoms with E-state index in [-0.39, 0.29) is 11.9 Å². The van der Waals surface area contributed by atoms with Gasteiger partial charge in [0, 0.05) is 41.3 Å². The van der Waals surface area contributed by atoms with Crippen LogP contribution in [0.3, 0.4) is 0 Å². The van der Waals surface area contributed by atoms with Crippen molar-refractivity contribution in [1.29, 1.82) is 0 Å². The van der Waals surface area contributed by atoms with Crippen LogP contribution in [-0.2, 0) is 10.8 Å². The van der Waals surface area contributed by atoms with Crippen LogP contribution in [0.15, 0.2) is 36.4 Å². The van der Waals surface area contributed by atoms with E-state index >= 15 is 0 Å². The molecule has 0 saturated heterocycles. The molecule has 0 radical (unpaired) electrons. The first-order chi connectivity index (χ1) is 9.49. The summed E-state index contributed by atoms with van der Waals surface area (Å²) in [5.74, 6) is 0.323. The van der Waals surface area contributed by atoms with Gasteiger partial charge in [-0.1, -0.05) is 24.3 Å². The number of hydrogen-bond donors (Lipinski definition) is 0. The minimum absolute atomic E-state index is 0.0818. The van der Waals surface area contributed by atoms with Gasteiger partial charge in [0.1, 0.15) is 5.69 Å². The second kappa shape index (κ2) is 6.13. The Hall–Kier alpha value is -1.75. The number of carbonyl (C=O) groups is 1. The van der Waals surface area contributed by atoms with Gasteiger partial charge in [0.15, 0.2) is 0 Å². The third kappa shape index (κ3) is 3.22. The maximum absolute atomic E-state index is 12.4. The molecule has 2 rings (SSSR count). The molecule has 0 fully saturated rings. The minimum atomic E-state index is -0.926. The van der Waals surface area contributed by atoms with Gasteiger partial charge in [-0.3, -0.25) is 9.00 Å². The summed E-state index contributed by atoms with van der Waals surface area (Å²) in [4.78, 5) is 18.4. The SMILES string of the molecule is CC(CS(C)=O)N(C)C(=O)c1ccc2ccccc2n1. The number of carbonyl (C=O) groups excluding carboxylic acids is 1. The number of pyridine rings is 1. The number of fused-ring (bicyclic) bond motifs is 1. The molecule has 0 bridgehead atoms. The van der Waals surface area contributed by atoms with Crippen molar-refractivity contribution < 1.29 is 9.00 Å². The molecular formula is C15H18N2O2S. The van der Waals surface area contributed by atoms with Gasteiger partial charge in [-0.2, -0.15) is 0 Å². The van der Waals surface area contributed by atoms with Crippen LogP contribution < -0.4 is 0 Å². The number of para-hydroxylation sites is 1. The molecule has 0 N–H and O–H groups in total. The third-order valence-corrected chi connectivity index (χ3v) is 4.23. The Morgan fingerprint density at radius 2 is 2.00 bits per heavy atom. The molecule has 20 heavy (non-hydrogen) atoms. The highest BCUT2D eigenvalue weighted by molar-refractivity contribution is 7.84. The molecular weight excluding hydrogens is 272 g/mol. The molecule has 1 aromatic carbocycles. The standard InChI is InChI=1S/C15H18N2O2S/c1-11(10-20(3)19)17(2)15(18)14-9-8-12-6-4-5-7-13(12)16-14/h4-9,11H,10H2,1-3H3. The largest absolute Gasteiger partial charge is 0.337 e. The van der Waals surface area contributed by atoms with E-state index in [4.69, 9.17) is 0 Å². The topological polar surface area (TPSA) is 50.3 Å². The predicted octanol–water partition coefficient (Wildman–Crippen LogP) is 2.07. The first-order valence-corrected chi connectivity index (χ1v) is 8.14. The van der Waals surface area contributed by atoms with Crippen molar-refractivity contribution in [3.63, 3.8) is 0 Å². The summed E-state index contributed by atoms with van der Waals surface area (Å²) in [7, 11) is 0.793. The number of benzene rings is 1. The van der Waals surface area contributed by atoms with Crippen molar-refractivity contribution in [1.82, 2.24) is 9.88 Å². The average molecular weight is 290 g/mol. The van der Waals surface area contributed by atoms with Gasteiger partial charge in [-0.05, 0) is 19.1 Å². The van der Waals surface area contributed by atoms with E-state index < -0.39 is 10.8 Å². The number of aromatic nitrogens is 1. The Morgan fingerprint density at radius 1 is 1.30 bits per heavy atom. The molecule has 0 aliphatic rings. The highest BCUT2D eigenvalue weighted by Crippen LogP contribution is 2.13. The molecule has 0 aliphatic carbocycles. The predicted molar refractivity (Wildman–Crippen MR) is 82.2 cm³/mol. The van der Waals surface area contributed by atoms with Crippen molar-refractivity contribution in [3.05, 3.63) is 42.1 Å². The molecule has 2 aromatic rings. The lowest BCUT2D eigenvalue weighted by molar-refractivity contribution is 0.0751. The highest BCUT2D eigenvalue weighted by Gasteiger charge is 2.19. The molecule has 4 nitrogen and oxygen atoms in total. The molecule has 0 aliphatic heterocycles. The van der Waals surface area contributed by atoms with Crippen LogP contribution in [0, 0.1) is 0 Å². The summed E-state index contributed by atoms with van der Waals surface area (Å²) in [6.45, 7) is 1.89. The van der Waals surface area contributed by atoms with Gasteiger partial charge in [-0.15, -0.1) is 0 Å². The van der Waals surface area contributed by atoms with Crippen LogP contribution in [0.4, 0.5) is 0 Å². The van der Waals surface area contributed by atoms with Crippen LogP contribution in [0.25, 0.3) is 10.9 Å². The van der Waals surface area contributed by atoms with E-state index in [2.05, 4.69) is 4.98 Å². The van der Waals surface area contributed by atoms with Gasteiger partial charge < -0.3 is 4.90 Å². The van der Waals surface area contributed by atoms with Gasteiger partial charge in [0.25, 0.3) is 5.91 Å². The van der Waals surface area contributed by atoms with Gasteiger partial charge in [0.2, 0.25) is 0 Å². The number of amides is 1. The molecule has 1 amide bonds. The van der Waals surface area contributed by atoms with E-state index in [1.54, 1.807) is 24.3 Å². The Labute approximate surface area is 121 Å². The van der Waals surface area contributed by atoms with Crippen molar-refractivity contribution in [2.45, 2.75) is 13.0 Å². The van der Waals surface area contributed by atoms with Gasteiger partial charge in [0.05, 0.1) is 5.52 Å². The third-order valence-electron chi connectivity index (χ3n) is 3.27. The van der Waals surface area contributed by atoms with E-state index in [0.29, 0.717) is 11.4 Å². The summed E-state index contributed by atoms with van der Waals surface area (Å²) in [6.07, 6.45) is 1.64. The highest BCUT2D eigenvalue weighted by atomic mass is 32.2. The zero-order valence-corrected chi connectivity index (χ0v) is 12.7. The Bertz CT molecular complexity index is 657. The van der Waals surface area contributed by atoms with E-state index in [1.807, 2.05) is 37.3 Å². The van der Waals surface area contributed by atoms with Crippen LogP contribution in [0.5, 0.6) is 0 Å². The van der Waals surface area contributed by atoms with Crippen molar-refractivity contribution >= 4 is 27.6 Å². The lowest BCUT2D eigenvalue weighted by Crippen LogP contribution is -2.38. The average Bonchev–Trinajstić information content (AvgIpc) is 2.44. The molecule has 2 atom stereocenters. The second-order valence-electron chi connectivity index (χ2n) is 4.89. The molecule has 5 heteroatoms. The summed E-state index contributed by atoms with van der Waals surface area (Å²) in [5, 5.41) is 1.01. The van der Waals surface area contributed by atoms with Crippen LogP contribution >= 0.6 is 0 Å². The second-order valence-corrected chi connectivity index (χ2v) is 6.37. The fraction of sp³-hybridized carbons (Fsp3) is 0.333. The first kappa shape index (κ1) is 14.7. The van der Waals surface area contributed by atoms with Gasteiger partial charge in [-0.25, -0.2) is 4.98 Å². The molecule has 0 spiro atoms. The van der Waals surface area contributed by atoms with Gasteiger partial charge >= 0.3 is 0 Å². The summed E-state index contributed by atoms with van der Waals surface area (Å²) < 4.78 is 11.3. The van der Waals surface area contributed by atoms with E-state index in [9.17, 15) is 9.00 Å². The van der Waals surface area contributed by atoms with Crippen LogP contribution in [-0.4, -0.2) is 45.1 Å². The maximum Gasteiger partial charge on any atom is 0.272 e. The minimum Gasteiger partial charge on any atom is -0.337 e. The number of hydrogen-bond acceptors (Lipinski definition) is 3. The molecule has 1 aromatic heterocycles. The van der Waals surface area contributed by atoms with Crippen LogP contribution in [0.1, 0.15) is 17.4 Å².